The van der Waals surface area contributed by atoms with Crippen LogP contribution in [-0.4, -0.2) is 37.5 Å². The number of aryl methyl sites for hydroxylation is 1. The molecule has 0 saturated carbocycles. The Bertz CT molecular complexity index is 496. The van der Waals surface area contributed by atoms with Crippen LogP contribution in [0.25, 0.3) is 0 Å². The number of benzene rings is 1. The molecule has 0 aliphatic heterocycles. The van der Waals surface area contributed by atoms with Crippen molar-refractivity contribution in [3.05, 3.63) is 28.8 Å². The van der Waals surface area contributed by atoms with Crippen LogP contribution in [-0.2, 0) is 10.0 Å². The smallest absolute Gasteiger partial charge is 0.244 e. The Kier molecular flexibility index (Phi) is 5.59. The van der Waals surface area contributed by atoms with E-state index in [9.17, 15) is 8.42 Å². The van der Waals surface area contributed by atoms with Crippen molar-refractivity contribution < 1.29 is 13.5 Å². The second-order valence-electron chi connectivity index (χ2n) is 4.01. The van der Waals surface area contributed by atoms with Crippen molar-refractivity contribution in [1.29, 1.82) is 0 Å². The summed E-state index contributed by atoms with van der Waals surface area (Å²) >= 11 is 6.05. The molecular weight excluding hydrogens is 274 g/mol. The van der Waals surface area contributed by atoms with Gasteiger partial charge in [-0.1, -0.05) is 30.7 Å². The van der Waals surface area contributed by atoms with Crippen LogP contribution in [0.2, 0.25) is 5.02 Å². The Hall–Kier alpha value is -0.620. The zero-order chi connectivity index (χ0) is 13.8. The summed E-state index contributed by atoms with van der Waals surface area (Å²) in [6, 6.07) is 4.92. The average molecular weight is 292 g/mol. The van der Waals surface area contributed by atoms with E-state index >= 15 is 0 Å². The first-order chi connectivity index (χ1) is 8.45. The molecular formula is C12H18ClNO3S. The van der Waals surface area contributed by atoms with E-state index in [1.54, 1.807) is 19.1 Å². The maximum atomic E-state index is 12.4. The first-order valence-electron chi connectivity index (χ1n) is 5.81. The van der Waals surface area contributed by atoms with Crippen molar-refractivity contribution in [1.82, 2.24) is 4.31 Å². The van der Waals surface area contributed by atoms with E-state index < -0.39 is 10.0 Å². The maximum absolute atomic E-state index is 12.4. The van der Waals surface area contributed by atoms with Crippen LogP contribution in [0.5, 0.6) is 0 Å². The van der Waals surface area contributed by atoms with Gasteiger partial charge in [0.15, 0.2) is 0 Å². The van der Waals surface area contributed by atoms with Crippen LogP contribution in [0.3, 0.4) is 0 Å². The summed E-state index contributed by atoms with van der Waals surface area (Å²) in [6.45, 7) is 3.89. The number of halogens is 1. The largest absolute Gasteiger partial charge is 0.395 e. The highest BCUT2D eigenvalue weighted by Crippen LogP contribution is 2.27. The highest BCUT2D eigenvalue weighted by atomic mass is 35.5. The average Bonchev–Trinajstić information content (AvgIpc) is 2.32. The molecule has 0 spiro atoms. The third-order valence-electron chi connectivity index (χ3n) is 2.60. The van der Waals surface area contributed by atoms with Gasteiger partial charge in [0.1, 0.15) is 4.90 Å². The molecule has 0 unspecified atom stereocenters. The molecule has 102 valence electrons. The summed E-state index contributed by atoms with van der Waals surface area (Å²) in [5.74, 6) is 0. The Morgan fingerprint density at radius 3 is 2.56 bits per heavy atom. The lowest BCUT2D eigenvalue weighted by Gasteiger charge is -2.21. The fourth-order valence-electron chi connectivity index (χ4n) is 1.67. The number of sulfonamides is 1. The number of rotatable bonds is 6. The van der Waals surface area contributed by atoms with Crippen molar-refractivity contribution in [3.8, 4) is 0 Å². The fraction of sp³-hybridized carbons (Fsp3) is 0.500. The van der Waals surface area contributed by atoms with E-state index in [2.05, 4.69) is 0 Å². The van der Waals surface area contributed by atoms with Crippen molar-refractivity contribution in [2.45, 2.75) is 25.2 Å². The van der Waals surface area contributed by atoms with Gasteiger partial charge in [-0.3, -0.25) is 0 Å². The molecule has 0 amide bonds. The standard InChI is InChI=1S/C12H18ClNO3S/c1-3-7-14(8-9-15)18(16,17)11-6-4-5-10(2)12(11)13/h4-6,15H,3,7-9H2,1-2H3. The maximum Gasteiger partial charge on any atom is 0.244 e. The van der Waals surface area contributed by atoms with Crippen molar-refractivity contribution in [2.24, 2.45) is 0 Å². The molecule has 0 aliphatic rings. The first kappa shape index (κ1) is 15.4. The monoisotopic (exact) mass is 291 g/mol. The molecule has 6 heteroatoms. The van der Waals surface area contributed by atoms with E-state index in [1.807, 2.05) is 6.92 Å². The topological polar surface area (TPSA) is 57.6 Å². The summed E-state index contributed by atoms with van der Waals surface area (Å²) in [5.41, 5.74) is 0.721. The molecule has 4 nitrogen and oxygen atoms in total. The molecule has 1 aromatic rings. The number of aliphatic hydroxyl groups is 1. The summed E-state index contributed by atoms with van der Waals surface area (Å²) in [7, 11) is -3.64. The Morgan fingerprint density at radius 2 is 2.00 bits per heavy atom. The van der Waals surface area contributed by atoms with Gasteiger partial charge in [0.2, 0.25) is 10.0 Å². The molecule has 0 saturated heterocycles. The third-order valence-corrected chi connectivity index (χ3v) is 5.15. The molecule has 0 aromatic heterocycles. The highest BCUT2D eigenvalue weighted by molar-refractivity contribution is 7.89. The summed E-state index contributed by atoms with van der Waals surface area (Å²) in [4.78, 5) is 0.103. The number of nitrogens with zero attached hydrogens (tertiary/aromatic N) is 1. The van der Waals surface area contributed by atoms with Gasteiger partial charge in [0, 0.05) is 13.1 Å². The van der Waals surface area contributed by atoms with Gasteiger partial charge in [0.25, 0.3) is 0 Å². The molecule has 0 atom stereocenters. The van der Waals surface area contributed by atoms with E-state index in [0.717, 1.165) is 5.56 Å². The van der Waals surface area contributed by atoms with Gasteiger partial charge >= 0.3 is 0 Å². The van der Waals surface area contributed by atoms with Gasteiger partial charge in [-0.05, 0) is 25.0 Å². The Balaban J connectivity index is 3.22. The van der Waals surface area contributed by atoms with Crippen LogP contribution in [0.4, 0.5) is 0 Å². The third kappa shape index (κ3) is 3.23. The quantitative estimate of drug-likeness (QED) is 0.872. The second-order valence-corrected chi connectivity index (χ2v) is 6.30. The van der Waals surface area contributed by atoms with Gasteiger partial charge in [-0.25, -0.2) is 8.42 Å². The van der Waals surface area contributed by atoms with Crippen LogP contribution < -0.4 is 0 Å². The highest BCUT2D eigenvalue weighted by Gasteiger charge is 2.26. The van der Waals surface area contributed by atoms with E-state index in [-0.39, 0.29) is 23.1 Å². The van der Waals surface area contributed by atoms with Gasteiger partial charge < -0.3 is 5.11 Å². The molecule has 1 aromatic carbocycles. The molecule has 18 heavy (non-hydrogen) atoms. The Labute approximate surface area is 113 Å². The minimum atomic E-state index is -3.64. The van der Waals surface area contributed by atoms with E-state index in [4.69, 9.17) is 16.7 Å². The zero-order valence-corrected chi connectivity index (χ0v) is 12.1. The number of aliphatic hydroxyl groups excluding tert-OH is 1. The van der Waals surface area contributed by atoms with Gasteiger partial charge in [-0.2, -0.15) is 4.31 Å². The van der Waals surface area contributed by atoms with Crippen LogP contribution in [0, 0.1) is 6.92 Å². The SMILES string of the molecule is CCCN(CCO)S(=O)(=O)c1cccc(C)c1Cl. The minimum Gasteiger partial charge on any atom is -0.395 e. The molecule has 1 N–H and O–H groups in total. The molecule has 1 rings (SSSR count). The molecule has 0 radical (unpaired) electrons. The molecule has 0 aliphatic carbocycles. The predicted octanol–water partition coefficient (Wildman–Crippen LogP) is 2.04. The predicted molar refractivity (Wildman–Crippen MR) is 72.3 cm³/mol. The van der Waals surface area contributed by atoms with Crippen molar-refractivity contribution >= 4 is 21.6 Å². The van der Waals surface area contributed by atoms with Crippen LogP contribution in [0.1, 0.15) is 18.9 Å². The lowest BCUT2D eigenvalue weighted by Crippen LogP contribution is -2.34. The van der Waals surface area contributed by atoms with E-state index in [0.29, 0.717) is 13.0 Å². The molecule has 0 heterocycles. The van der Waals surface area contributed by atoms with Gasteiger partial charge in [0.05, 0.1) is 11.6 Å². The molecule has 0 fully saturated rings. The summed E-state index contributed by atoms with van der Waals surface area (Å²) in [5, 5.41) is 9.21. The van der Waals surface area contributed by atoms with Crippen LogP contribution >= 0.6 is 11.6 Å². The Morgan fingerprint density at radius 1 is 1.33 bits per heavy atom. The zero-order valence-electron chi connectivity index (χ0n) is 10.6. The van der Waals surface area contributed by atoms with Crippen molar-refractivity contribution in [3.63, 3.8) is 0 Å². The molecule has 0 bridgehead atoms. The lowest BCUT2D eigenvalue weighted by atomic mass is 10.2. The fourth-order valence-corrected chi connectivity index (χ4v) is 3.75. The van der Waals surface area contributed by atoms with Crippen molar-refractivity contribution in [2.75, 3.05) is 19.7 Å². The normalized spacial score (nSPS) is 12.1. The van der Waals surface area contributed by atoms with Crippen LogP contribution in [0.15, 0.2) is 23.1 Å². The summed E-state index contributed by atoms with van der Waals surface area (Å²) < 4.78 is 26.1. The summed E-state index contributed by atoms with van der Waals surface area (Å²) in [6.07, 6.45) is 0.683. The van der Waals surface area contributed by atoms with E-state index in [1.165, 1.54) is 10.4 Å². The van der Waals surface area contributed by atoms with Gasteiger partial charge in [-0.15, -0.1) is 0 Å². The lowest BCUT2D eigenvalue weighted by molar-refractivity contribution is 0.253. The number of hydrogen-bond acceptors (Lipinski definition) is 3. The number of hydrogen-bond donors (Lipinski definition) is 1. The first-order valence-corrected chi connectivity index (χ1v) is 7.63. The second kappa shape index (κ2) is 6.52. The minimum absolute atomic E-state index is 0.0838.